The molecule has 2 aromatic carbocycles. The molecule has 3 rings (SSSR count). The van der Waals surface area contributed by atoms with Crippen molar-refractivity contribution in [2.24, 2.45) is 0 Å². The summed E-state index contributed by atoms with van der Waals surface area (Å²) in [6, 6.07) is 10.6. The Hall–Kier alpha value is -2.89. The molecule has 0 aromatic heterocycles. The number of amides is 1. The molecule has 124 valence electrons. The Morgan fingerprint density at radius 1 is 1.25 bits per heavy atom. The van der Waals surface area contributed by atoms with Crippen molar-refractivity contribution in [1.29, 1.82) is 0 Å². The van der Waals surface area contributed by atoms with Gasteiger partial charge in [0.1, 0.15) is 23.9 Å². The van der Waals surface area contributed by atoms with Crippen LogP contribution in [0.25, 0.3) is 0 Å². The second kappa shape index (κ2) is 6.70. The summed E-state index contributed by atoms with van der Waals surface area (Å²) < 4.78 is 24.0. The second-order valence-electron chi connectivity index (χ2n) is 5.38. The number of rotatable bonds is 4. The number of nitrogens with zero attached hydrogens (tertiary/aromatic N) is 1. The third-order valence-corrected chi connectivity index (χ3v) is 3.69. The normalized spacial score (nSPS) is 13.0. The van der Waals surface area contributed by atoms with Crippen LogP contribution in [0.1, 0.15) is 17.3 Å². The molecule has 0 atom stereocenters. The fourth-order valence-corrected chi connectivity index (χ4v) is 2.48. The van der Waals surface area contributed by atoms with Gasteiger partial charge in [0.2, 0.25) is 0 Å². The maximum absolute atomic E-state index is 13.1. The first kappa shape index (κ1) is 16.0. The average molecular weight is 329 g/mol. The molecule has 0 fully saturated rings. The van der Waals surface area contributed by atoms with Gasteiger partial charge in [0.25, 0.3) is 5.91 Å². The van der Waals surface area contributed by atoms with Crippen LogP contribution in [0.4, 0.5) is 10.1 Å². The summed E-state index contributed by atoms with van der Waals surface area (Å²) in [4.78, 5) is 25.5. The lowest BCUT2D eigenvalue weighted by atomic mass is 10.1. The van der Waals surface area contributed by atoms with Gasteiger partial charge in [0, 0.05) is 11.6 Å². The maximum Gasteiger partial charge on any atom is 0.265 e. The number of carbonyl (C=O) groups excluding carboxylic acids is 2. The van der Waals surface area contributed by atoms with Gasteiger partial charge in [-0.15, -0.1) is 0 Å². The number of fused-ring (bicyclic) bond motifs is 1. The Labute approximate surface area is 138 Å². The first-order valence-corrected chi connectivity index (χ1v) is 7.51. The highest BCUT2D eigenvalue weighted by Gasteiger charge is 2.25. The zero-order chi connectivity index (χ0) is 17.1. The molecule has 1 heterocycles. The zero-order valence-electron chi connectivity index (χ0n) is 13.1. The van der Waals surface area contributed by atoms with Crippen molar-refractivity contribution in [3.05, 3.63) is 53.8 Å². The van der Waals surface area contributed by atoms with Crippen molar-refractivity contribution in [3.8, 4) is 11.5 Å². The van der Waals surface area contributed by atoms with Crippen molar-refractivity contribution < 1.29 is 23.5 Å². The highest BCUT2D eigenvalue weighted by Crippen LogP contribution is 2.32. The molecule has 2 aromatic rings. The number of benzene rings is 2. The molecule has 0 unspecified atom stereocenters. The summed E-state index contributed by atoms with van der Waals surface area (Å²) in [6.07, 6.45) is 0. The molecule has 0 spiro atoms. The van der Waals surface area contributed by atoms with Gasteiger partial charge in [-0.1, -0.05) is 6.07 Å². The number of hydrogen-bond donors (Lipinski definition) is 0. The van der Waals surface area contributed by atoms with E-state index >= 15 is 0 Å². The van der Waals surface area contributed by atoms with Crippen LogP contribution in [0, 0.1) is 5.82 Å². The molecule has 0 N–H and O–H groups in total. The molecule has 0 saturated heterocycles. The smallest absolute Gasteiger partial charge is 0.265 e. The lowest BCUT2D eigenvalue weighted by molar-refractivity contribution is -0.120. The van der Waals surface area contributed by atoms with Crippen LogP contribution in [-0.2, 0) is 4.79 Å². The molecular weight excluding hydrogens is 313 g/mol. The van der Waals surface area contributed by atoms with Crippen LogP contribution in [-0.4, -0.2) is 31.4 Å². The Kier molecular flexibility index (Phi) is 4.46. The summed E-state index contributed by atoms with van der Waals surface area (Å²) in [7, 11) is 0. The summed E-state index contributed by atoms with van der Waals surface area (Å²) in [5.74, 6) is 0.0266. The molecule has 0 saturated carbocycles. The molecule has 24 heavy (non-hydrogen) atoms. The second-order valence-corrected chi connectivity index (χ2v) is 5.38. The van der Waals surface area contributed by atoms with Crippen LogP contribution in [0.15, 0.2) is 42.5 Å². The summed E-state index contributed by atoms with van der Waals surface area (Å²) in [5.41, 5.74) is 1.05. The van der Waals surface area contributed by atoms with Gasteiger partial charge in [-0.2, -0.15) is 0 Å². The summed E-state index contributed by atoms with van der Waals surface area (Å²) >= 11 is 0. The van der Waals surface area contributed by atoms with E-state index in [-0.39, 0.29) is 24.0 Å². The predicted octanol–water partition coefficient (Wildman–Crippen LogP) is 2.83. The molecule has 5 nitrogen and oxygen atoms in total. The molecular formula is C18H16FNO4. The molecule has 6 heteroatoms. The van der Waals surface area contributed by atoms with E-state index in [2.05, 4.69) is 0 Å². The van der Waals surface area contributed by atoms with Gasteiger partial charge >= 0.3 is 0 Å². The number of halogens is 1. The minimum absolute atomic E-state index is 0.0909. The number of ketones is 1. The Balaban J connectivity index is 1.76. The van der Waals surface area contributed by atoms with Crippen LogP contribution in [0.3, 0.4) is 0 Å². The van der Waals surface area contributed by atoms with E-state index in [1.165, 1.54) is 30.0 Å². The van der Waals surface area contributed by atoms with Gasteiger partial charge in [0.05, 0.1) is 12.2 Å². The maximum atomic E-state index is 13.1. The minimum Gasteiger partial charge on any atom is -0.490 e. The van der Waals surface area contributed by atoms with Gasteiger partial charge < -0.3 is 14.4 Å². The van der Waals surface area contributed by atoms with Crippen molar-refractivity contribution in [2.75, 3.05) is 24.7 Å². The van der Waals surface area contributed by atoms with Gasteiger partial charge in [-0.25, -0.2) is 4.39 Å². The topological polar surface area (TPSA) is 55.8 Å². The highest BCUT2D eigenvalue weighted by molar-refractivity contribution is 6.00. The van der Waals surface area contributed by atoms with E-state index in [0.29, 0.717) is 30.2 Å². The standard InChI is InChI=1S/C18H16FNO4/c1-12(21)13-5-6-17-16(9-13)20(7-8-23-17)18(22)11-24-15-4-2-3-14(19)10-15/h2-6,9-10H,7-8,11H2,1H3. The van der Waals surface area contributed by atoms with E-state index < -0.39 is 5.82 Å². The minimum atomic E-state index is -0.428. The van der Waals surface area contributed by atoms with Gasteiger partial charge in [-0.05, 0) is 37.3 Å². The van der Waals surface area contributed by atoms with Gasteiger partial charge in [-0.3, -0.25) is 9.59 Å². The Morgan fingerprint density at radius 3 is 2.83 bits per heavy atom. The van der Waals surface area contributed by atoms with Crippen molar-refractivity contribution in [1.82, 2.24) is 0 Å². The van der Waals surface area contributed by atoms with Crippen LogP contribution < -0.4 is 14.4 Å². The fourth-order valence-electron chi connectivity index (χ4n) is 2.48. The zero-order valence-corrected chi connectivity index (χ0v) is 13.1. The van der Waals surface area contributed by atoms with Crippen molar-refractivity contribution in [2.45, 2.75) is 6.92 Å². The van der Waals surface area contributed by atoms with E-state index in [1.54, 1.807) is 24.3 Å². The number of Topliss-reactive ketones (excluding diaryl/α,β-unsaturated/α-hetero) is 1. The molecule has 1 amide bonds. The average Bonchev–Trinajstić information content (AvgIpc) is 2.58. The Bertz CT molecular complexity index is 790. The third-order valence-electron chi connectivity index (χ3n) is 3.69. The summed E-state index contributed by atoms with van der Waals surface area (Å²) in [6.45, 7) is 1.95. The quantitative estimate of drug-likeness (QED) is 0.810. The molecule has 1 aliphatic rings. The predicted molar refractivity (Wildman–Crippen MR) is 86.2 cm³/mol. The van der Waals surface area contributed by atoms with Crippen LogP contribution >= 0.6 is 0 Å². The molecule has 0 aliphatic carbocycles. The third kappa shape index (κ3) is 3.37. The highest BCUT2D eigenvalue weighted by atomic mass is 19.1. The Morgan fingerprint density at radius 2 is 2.08 bits per heavy atom. The first-order valence-electron chi connectivity index (χ1n) is 7.51. The SMILES string of the molecule is CC(=O)c1ccc2c(c1)N(C(=O)COc1cccc(F)c1)CCO2. The molecule has 0 radical (unpaired) electrons. The molecule has 1 aliphatic heterocycles. The van der Waals surface area contributed by atoms with E-state index in [1.807, 2.05) is 0 Å². The largest absolute Gasteiger partial charge is 0.490 e. The van der Waals surface area contributed by atoms with E-state index in [0.717, 1.165) is 0 Å². The fraction of sp³-hybridized carbons (Fsp3) is 0.222. The van der Waals surface area contributed by atoms with E-state index in [4.69, 9.17) is 9.47 Å². The van der Waals surface area contributed by atoms with Crippen molar-refractivity contribution in [3.63, 3.8) is 0 Å². The lowest BCUT2D eigenvalue weighted by Crippen LogP contribution is -2.40. The van der Waals surface area contributed by atoms with Crippen LogP contribution in [0.5, 0.6) is 11.5 Å². The number of ether oxygens (including phenoxy) is 2. The lowest BCUT2D eigenvalue weighted by Gasteiger charge is -2.29. The number of anilines is 1. The van der Waals surface area contributed by atoms with E-state index in [9.17, 15) is 14.0 Å². The monoisotopic (exact) mass is 329 g/mol. The number of carbonyl (C=O) groups is 2. The van der Waals surface area contributed by atoms with Crippen LogP contribution in [0.2, 0.25) is 0 Å². The van der Waals surface area contributed by atoms with Gasteiger partial charge in [0.15, 0.2) is 12.4 Å². The number of hydrogen-bond acceptors (Lipinski definition) is 4. The first-order chi connectivity index (χ1) is 11.5. The van der Waals surface area contributed by atoms with Crippen molar-refractivity contribution >= 4 is 17.4 Å². The molecule has 0 bridgehead atoms. The summed E-state index contributed by atoms with van der Waals surface area (Å²) in [5, 5.41) is 0.